The molecule has 0 atom stereocenters. The number of carbonyl (C=O) groups is 1. The summed E-state index contributed by atoms with van der Waals surface area (Å²) in [5, 5.41) is 0.367. The Labute approximate surface area is 93.9 Å². The lowest BCUT2D eigenvalue weighted by Gasteiger charge is -1.93. The normalized spacial score (nSPS) is 10.6. The lowest BCUT2D eigenvalue weighted by molar-refractivity contribution is 0.0746. The molecule has 0 saturated heterocycles. The van der Waals surface area contributed by atoms with Gasteiger partial charge in [-0.1, -0.05) is 11.6 Å². The van der Waals surface area contributed by atoms with Crippen molar-refractivity contribution in [2.75, 3.05) is 0 Å². The van der Waals surface area contributed by atoms with Gasteiger partial charge in [0.15, 0.2) is 0 Å². The van der Waals surface area contributed by atoms with E-state index in [1.807, 2.05) is 0 Å². The highest BCUT2D eigenvalue weighted by Gasteiger charge is 2.13. The lowest BCUT2D eigenvalue weighted by Crippen LogP contribution is -1.97. The highest BCUT2D eigenvalue weighted by Crippen LogP contribution is 2.27. The summed E-state index contributed by atoms with van der Waals surface area (Å²) in [4.78, 5) is 13.8. The van der Waals surface area contributed by atoms with E-state index in [9.17, 15) is 9.18 Å². The van der Waals surface area contributed by atoms with Crippen LogP contribution in [-0.4, -0.2) is 11.0 Å². The van der Waals surface area contributed by atoms with Crippen molar-refractivity contribution in [3.63, 3.8) is 0 Å². The minimum Gasteiger partial charge on any atom is -0.349 e. The van der Waals surface area contributed by atoms with Crippen LogP contribution in [0.2, 0.25) is 5.02 Å². The summed E-state index contributed by atoms with van der Waals surface area (Å²) >= 11 is 10.6. The van der Waals surface area contributed by atoms with Gasteiger partial charge in [-0.25, -0.2) is 9.18 Å². The smallest absolute Gasteiger partial charge is 0.349 e. The molecule has 0 aliphatic carbocycles. The second-order valence-corrected chi connectivity index (χ2v) is 3.40. The van der Waals surface area contributed by atoms with Gasteiger partial charge in [-0.2, -0.15) is 0 Å². The molecule has 3 nitrogen and oxygen atoms in total. The van der Waals surface area contributed by atoms with Gasteiger partial charge in [0.25, 0.3) is 0 Å². The van der Waals surface area contributed by atoms with Crippen LogP contribution in [-0.2, 0) is 4.29 Å². The SMILES string of the molecule is O=C(OCl)c1cc2c(Cl)c(F)ccc2[nH]1. The molecule has 0 unspecified atom stereocenters. The van der Waals surface area contributed by atoms with E-state index in [4.69, 9.17) is 23.5 Å². The molecule has 0 fully saturated rings. The van der Waals surface area contributed by atoms with Crippen LogP contribution in [0.3, 0.4) is 0 Å². The van der Waals surface area contributed by atoms with E-state index in [-0.39, 0.29) is 10.7 Å². The summed E-state index contributed by atoms with van der Waals surface area (Å²) in [7, 11) is 0. The molecule has 0 amide bonds. The molecule has 15 heavy (non-hydrogen) atoms. The molecule has 1 aromatic carbocycles. The third kappa shape index (κ3) is 1.66. The first-order valence-electron chi connectivity index (χ1n) is 3.93. The molecular formula is C9H4Cl2FNO2. The number of benzene rings is 1. The molecule has 2 rings (SSSR count). The van der Waals surface area contributed by atoms with Gasteiger partial charge in [0.1, 0.15) is 23.4 Å². The summed E-state index contributed by atoms with van der Waals surface area (Å²) in [5.41, 5.74) is 0.658. The molecule has 0 aliphatic heterocycles. The van der Waals surface area contributed by atoms with Crippen molar-refractivity contribution in [3.05, 3.63) is 34.7 Å². The van der Waals surface area contributed by atoms with Crippen LogP contribution in [0.1, 0.15) is 10.5 Å². The number of hydrogen-bond acceptors (Lipinski definition) is 2. The third-order valence-corrected chi connectivity index (χ3v) is 2.50. The summed E-state index contributed by atoms with van der Waals surface area (Å²) < 4.78 is 17.1. The van der Waals surface area contributed by atoms with Crippen LogP contribution in [0.4, 0.5) is 4.39 Å². The molecule has 78 valence electrons. The Morgan fingerprint density at radius 3 is 2.87 bits per heavy atom. The van der Waals surface area contributed by atoms with E-state index in [1.54, 1.807) is 0 Å². The third-order valence-electron chi connectivity index (χ3n) is 1.98. The van der Waals surface area contributed by atoms with Gasteiger partial charge in [0.05, 0.1) is 5.02 Å². The number of aromatic nitrogens is 1. The van der Waals surface area contributed by atoms with E-state index >= 15 is 0 Å². The predicted molar refractivity (Wildman–Crippen MR) is 54.5 cm³/mol. The van der Waals surface area contributed by atoms with E-state index in [0.29, 0.717) is 10.9 Å². The van der Waals surface area contributed by atoms with E-state index in [0.717, 1.165) is 0 Å². The predicted octanol–water partition coefficient (Wildman–Crippen LogP) is 3.27. The molecule has 6 heteroatoms. The standard InChI is InChI=1S/C9H4Cl2FNO2/c10-8-4-3-7(9(14)15-11)13-6(4)2-1-5(8)12/h1-3,13H. The summed E-state index contributed by atoms with van der Waals surface area (Å²) in [6.07, 6.45) is 0. The van der Waals surface area contributed by atoms with Crippen LogP contribution in [0.5, 0.6) is 0 Å². The molecule has 0 spiro atoms. The number of nitrogens with one attached hydrogen (secondary N) is 1. The Bertz CT molecular complexity index is 538. The van der Waals surface area contributed by atoms with Gasteiger partial charge in [-0.15, -0.1) is 0 Å². The highest BCUT2D eigenvalue weighted by molar-refractivity contribution is 6.35. The first-order chi connectivity index (χ1) is 7.13. The van der Waals surface area contributed by atoms with Gasteiger partial charge >= 0.3 is 5.97 Å². The van der Waals surface area contributed by atoms with Crippen molar-refractivity contribution in [3.8, 4) is 0 Å². The quantitative estimate of drug-likeness (QED) is 0.841. The van der Waals surface area contributed by atoms with Crippen LogP contribution >= 0.6 is 23.5 Å². The van der Waals surface area contributed by atoms with E-state index < -0.39 is 11.8 Å². The van der Waals surface area contributed by atoms with Crippen molar-refractivity contribution >= 4 is 40.3 Å². The van der Waals surface area contributed by atoms with E-state index in [2.05, 4.69) is 9.27 Å². The van der Waals surface area contributed by atoms with Gasteiger partial charge < -0.3 is 9.27 Å². The maximum absolute atomic E-state index is 13.1. The topological polar surface area (TPSA) is 42.1 Å². The van der Waals surface area contributed by atoms with Crippen molar-refractivity contribution in [2.24, 2.45) is 0 Å². The van der Waals surface area contributed by atoms with Gasteiger partial charge in [0.2, 0.25) is 0 Å². The van der Waals surface area contributed by atoms with Crippen molar-refractivity contribution in [2.45, 2.75) is 0 Å². The van der Waals surface area contributed by atoms with Crippen LogP contribution in [0.25, 0.3) is 10.9 Å². The molecule has 0 bridgehead atoms. The Kier molecular flexibility index (Phi) is 2.54. The number of carbonyl (C=O) groups excluding carboxylic acids is 1. The second kappa shape index (κ2) is 3.72. The molecule has 0 radical (unpaired) electrons. The molecule has 0 saturated carbocycles. The average Bonchev–Trinajstić information content (AvgIpc) is 2.67. The maximum atomic E-state index is 13.1. The zero-order valence-electron chi connectivity index (χ0n) is 7.18. The Morgan fingerprint density at radius 2 is 2.20 bits per heavy atom. The van der Waals surface area contributed by atoms with Gasteiger partial charge in [-0.3, -0.25) is 0 Å². The fourth-order valence-corrected chi connectivity index (χ4v) is 1.60. The van der Waals surface area contributed by atoms with Crippen LogP contribution < -0.4 is 0 Å². The number of halogens is 3. The zero-order valence-corrected chi connectivity index (χ0v) is 8.69. The molecule has 0 aliphatic rings. The minimum absolute atomic E-state index is 0.0441. The number of hydrogen-bond donors (Lipinski definition) is 1. The number of H-pyrrole nitrogens is 1. The molecule has 1 heterocycles. The summed E-state index contributed by atoms with van der Waals surface area (Å²) in [6.45, 7) is 0. The van der Waals surface area contributed by atoms with Gasteiger partial charge in [-0.05, 0) is 18.2 Å². The maximum Gasteiger partial charge on any atom is 0.372 e. The minimum atomic E-state index is -0.746. The molecule has 1 aromatic heterocycles. The van der Waals surface area contributed by atoms with Crippen molar-refractivity contribution < 1.29 is 13.5 Å². The number of fused-ring (bicyclic) bond motifs is 1. The Morgan fingerprint density at radius 1 is 1.47 bits per heavy atom. The number of aromatic amines is 1. The molecule has 1 N–H and O–H groups in total. The Hall–Kier alpha value is -1.26. The highest BCUT2D eigenvalue weighted by atomic mass is 35.5. The van der Waals surface area contributed by atoms with Crippen LogP contribution in [0, 0.1) is 5.82 Å². The first-order valence-corrected chi connectivity index (χ1v) is 4.62. The average molecular weight is 248 g/mol. The second-order valence-electron chi connectivity index (χ2n) is 2.87. The van der Waals surface area contributed by atoms with Crippen molar-refractivity contribution in [1.29, 1.82) is 0 Å². The zero-order chi connectivity index (χ0) is 11.0. The van der Waals surface area contributed by atoms with Crippen LogP contribution in [0.15, 0.2) is 18.2 Å². The fraction of sp³-hybridized carbons (Fsp3) is 0. The summed E-state index contributed by atoms with van der Waals surface area (Å²) in [6, 6.07) is 4.06. The molecular weight excluding hydrogens is 244 g/mol. The lowest BCUT2D eigenvalue weighted by atomic mass is 10.2. The first kappa shape index (κ1) is 10.3. The molecule has 2 aromatic rings. The van der Waals surface area contributed by atoms with E-state index in [1.165, 1.54) is 18.2 Å². The number of rotatable bonds is 1. The largest absolute Gasteiger partial charge is 0.372 e. The Balaban J connectivity index is 2.66. The fourth-order valence-electron chi connectivity index (χ4n) is 1.29. The van der Waals surface area contributed by atoms with Crippen molar-refractivity contribution in [1.82, 2.24) is 4.98 Å². The summed E-state index contributed by atoms with van der Waals surface area (Å²) in [5.74, 6) is -1.29. The van der Waals surface area contributed by atoms with Gasteiger partial charge in [0, 0.05) is 10.9 Å². The monoisotopic (exact) mass is 247 g/mol.